The minimum absolute atomic E-state index is 0. The molecule has 0 aliphatic carbocycles. The molecule has 3 aromatic carbocycles. The third-order valence-corrected chi connectivity index (χ3v) is 8.10. The van der Waals surface area contributed by atoms with Gasteiger partial charge in [0.1, 0.15) is 23.2 Å². The Bertz CT molecular complexity index is 605. The van der Waals surface area contributed by atoms with E-state index in [0.717, 1.165) is 0 Å². The molecule has 0 unspecified atom stereocenters. The number of halogens is 1. The number of ether oxygens (including phenoxy) is 1. The van der Waals surface area contributed by atoms with Gasteiger partial charge in [0.05, 0.1) is 0 Å². The highest BCUT2D eigenvalue weighted by Crippen LogP contribution is 2.54. The number of methoxy groups -OCH3 is 1. The minimum atomic E-state index is -1.78. The van der Waals surface area contributed by atoms with E-state index in [4.69, 9.17) is 4.74 Å². The standard InChI is InChI=1S/C20H20OP.FH/c1-21-17-22(18-11-5-2-6-12-18,19-13-7-3-8-14-19)20-15-9-4-10-16-20;/h2-16H,17H2,1H3;1H/q+1;/p-1. The van der Waals surface area contributed by atoms with Crippen molar-refractivity contribution < 1.29 is 9.44 Å². The molecule has 0 N–H and O–H groups in total. The Hall–Kier alpha value is -2.02. The summed E-state index contributed by atoms with van der Waals surface area (Å²) in [4.78, 5) is 0. The molecule has 1 nitrogen and oxygen atoms in total. The third kappa shape index (κ3) is 3.34. The Kier molecular flexibility index (Phi) is 6.04. The first-order chi connectivity index (χ1) is 10.9. The van der Waals surface area contributed by atoms with Gasteiger partial charge in [0.25, 0.3) is 0 Å². The van der Waals surface area contributed by atoms with E-state index in [-0.39, 0.29) is 4.70 Å². The Morgan fingerprint density at radius 2 is 0.913 bits per heavy atom. The minimum Gasteiger partial charge on any atom is -1.00 e. The van der Waals surface area contributed by atoms with Crippen LogP contribution in [-0.4, -0.2) is 13.5 Å². The van der Waals surface area contributed by atoms with Crippen molar-refractivity contribution >= 4 is 23.2 Å². The van der Waals surface area contributed by atoms with Crippen LogP contribution in [0.1, 0.15) is 0 Å². The first-order valence-corrected chi connectivity index (χ1v) is 9.39. The van der Waals surface area contributed by atoms with E-state index in [1.165, 1.54) is 15.9 Å². The fourth-order valence-electron chi connectivity index (χ4n) is 2.91. The maximum absolute atomic E-state index is 5.72. The van der Waals surface area contributed by atoms with Gasteiger partial charge in [-0.15, -0.1) is 0 Å². The van der Waals surface area contributed by atoms with E-state index < -0.39 is 7.26 Å². The summed E-state index contributed by atoms with van der Waals surface area (Å²) in [6, 6.07) is 32.3. The SMILES string of the molecule is COC[P+](c1ccccc1)(c1ccccc1)c1ccccc1.[F-]. The molecule has 0 spiro atoms. The molecule has 0 fully saturated rings. The van der Waals surface area contributed by atoms with Crippen LogP contribution in [0, 0.1) is 0 Å². The highest BCUT2D eigenvalue weighted by molar-refractivity contribution is 7.95. The van der Waals surface area contributed by atoms with Crippen LogP contribution in [0.2, 0.25) is 0 Å². The topological polar surface area (TPSA) is 9.23 Å². The van der Waals surface area contributed by atoms with Crippen molar-refractivity contribution in [2.75, 3.05) is 13.5 Å². The predicted molar refractivity (Wildman–Crippen MR) is 97.0 cm³/mol. The first-order valence-electron chi connectivity index (χ1n) is 7.42. The van der Waals surface area contributed by atoms with Crippen LogP contribution in [0.3, 0.4) is 0 Å². The Morgan fingerprint density at radius 3 is 1.17 bits per heavy atom. The summed E-state index contributed by atoms with van der Waals surface area (Å²) in [5.41, 5.74) is 0. The number of hydrogen-bond acceptors (Lipinski definition) is 1. The van der Waals surface area contributed by atoms with E-state index in [0.29, 0.717) is 6.35 Å². The Morgan fingerprint density at radius 1 is 0.609 bits per heavy atom. The van der Waals surface area contributed by atoms with Crippen LogP contribution in [-0.2, 0) is 4.74 Å². The van der Waals surface area contributed by atoms with Crippen molar-refractivity contribution in [2.45, 2.75) is 0 Å². The van der Waals surface area contributed by atoms with Gasteiger partial charge >= 0.3 is 0 Å². The molecule has 0 bridgehead atoms. The molecule has 118 valence electrons. The highest BCUT2D eigenvalue weighted by atomic mass is 31.2. The molecule has 0 saturated carbocycles. The quantitative estimate of drug-likeness (QED) is 0.624. The van der Waals surface area contributed by atoms with E-state index in [1.807, 2.05) is 0 Å². The average molecular weight is 326 g/mol. The van der Waals surface area contributed by atoms with E-state index >= 15 is 0 Å². The zero-order chi connectivity index (χ0) is 15.3. The van der Waals surface area contributed by atoms with Crippen molar-refractivity contribution in [1.82, 2.24) is 0 Å². The number of hydrogen-bond donors (Lipinski definition) is 0. The lowest BCUT2D eigenvalue weighted by Gasteiger charge is -2.26. The number of rotatable bonds is 5. The van der Waals surface area contributed by atoms with Gasteiger partial charge in [-0.2, -0.15) is 0 Å². The summed E-state index contributed by atoms with van der Waals surface area (Å²) in [7, 11) is 0.0197. The second-order valence-electron chi connectivity index (χ2n) is 5.23. The molecule has 0 aliphatic heterocycles. The van der Waals surface area contributed by atoms with E-state index in [1.54, 1.807) is 7.11 Å². The molecule has 0 atom stereocenters. The smallest absolute Gasteiger partial charge is 0.170 e. The lowest BCUT2D eigenvalue weighted by Crippen LogP contribution is -3.00. The highest BCUT2D eigenvalue weighted by Gasteiger charge is 2.45. The molecule has 0 aromatic heterocycles. The molecular formula is C20H20FOP. The predicted octanol–water partition coefficient (Wildman–Crippen LogP) is 0.588. The van der Waals surface area contributed by atoms with Crippen LogP contribution in [0.5, 0.6) is 0 Å². The molecule has 0 heterocycles. The summed E-state index contributed by atoms with van der Waals surface area (Å²) in [5.74, 6) is 0. The molecular weight excluding hydrogens is 306 g/mol. The van der Waals surface area contributed by atoms with Crippen LogP contribution in [0.25, 0.3) is 0 Å². The second kappa shape index (κ2) is 8.01. The molecule has 3 rings (SSSR count). The monoisotopic (exact) mass is 326 g/mol. The molecule has 0 amide bonds. The van der Waals surface area contributed by atoms with Crippen molar-refractivity contribution in [2.24, 2.45) is 0 Å². The van der Waals surface area contributed by atoms with Crippen LogP contribution in [0.15, 0.2) is 91.0 Å². The van der Waals surface area contributed by atoms with Gasteiger partial charge in [0.15, 0.2) is 6.35 Å². The van der Waals surface area contributed by atoms with Gasteiger partial charge in [-0.1, -0.05) is 54.6 Å². The van der Waals surface area contributed by atoms with Crippen molar-refractivity contribution in [3.63, 3.8) is 0 Å². The lowest BCUT2D eigenvalue weighted by atomic mass is 10.4. The van der Waals surface area contributed by atoms with Gasteiger partial charge in [-0.05, 0) is 36.4 Å². The Balaban J connectivity index is 0.00000192. The molecule has 0 aliphatic rings. The molecule has 3 aromatic rings. The fourth-order valence-corrected chi connectivity index (χ4v) is 6.68. The van der Waals surface area contributed by atoms with Crippen LogP contribution >= 0.6 is 7.26 Å². The molecule has 0 saturated heterocycles. The zero-order valence-electron chi connectivity index (χ0n) is 13.1. The van der Waals surface area contributed by atoms with Crippen LogP contribution in [0.4, 0.5) is 0 Å². The van der Waals surface area contributed by atoms with E-state index in [2.05, 4.69) is 91.0 Å². The summed E-state index contributed by atoms with van der Waals surface area (Å²) in [6.45, 7) is 0. The van der Waals surface area contributed by atoms with Crippen molar-refractivity contribution in [1.29, 1.82) is 0 Å². The molecule has 23 heavy (non-hydrogen) atoms. The van der Waals surface area contributed by atoms with Gasteiger partial charge in [-0.25, -0.2) is 0 Å². The van der Waals surface area contributed by atoms with Crippen LogP contribution < -0.4 is 20.6 Å². The van der Waals surface area contributed by atoms with Gasteiger partial charge in [0.2, 0.25) is 0 Å². The molecule has 3 heteroatoms. The number of benzene rings is 3. The summed E-state index contributed by atoms with van der Waals surface area (Å²) < 4.78 is 5.72. The van der Waals surface area contributed by atoms with E-state index in [9.17, 15) is 0 Å². The van der Waals surface area contributed by atoms with Crippen molar-refractivity contribution in [3.05, 3.63) is 91.0 Å². The maximum Gasteiger partial charge on any atom is 0.170 e. The van der Waals surface area contributed by atoms with Gasteiger partial charge in [0, 0.05) is 7.11 Å². The summed E-state index contributed by atoms with van der Waals surface area (Å²) in [6.07, 6.45) is 0.713. The normalized spacial score (nSPS) is 10.8. The lowest BCUT2D eigenvalue weighted by molar-refractivity contribution is -0.00000450. The van der Waals surface area contributed by atoms with Crippen molar-refractivity contribution in [3.8, 4) is 0 Å². The third-order valence-electron chi connectivity index (χ3n) is 3.91. The summed E-state index contributed by atoms with van der Waals surface area (Å²) in [5, 5.41) is 4.07. The Labute approximate surface area is 137 Å². The maximum atomic E-state index is 5.72. The molecule has 0 radical (unpaired) electrons. The summed E-state index contributed by atoms with van der Waals surface area (Å²) >= 11 is 0. The fraction of sp³-hybridized carbons (Fsp3) is 0.100. The zero-order valence-corrected chi connectivity index (χ0v) is 14.0. The van der Waals surface area contributed by atoms with Gasteiger partial charge < -0.3 is 9.44 Å². The second-order valence-corrected chi connectivity index (χ2v) is 8.66. The first kappa shape index (κ1) is 17.3. The average Bonchev–Trinajstić information content (AvgIpc) is 2.62. The van der Waals surface area contributed by atoms with Gasteiger partial charge in [-0.3, -0.25) is 0 Å². The largest absolute Gasteiger partial charge is 1.00 e.